The second-order valence-electron chi connectivity index (χ2n) is 4.04. The molecule has 0 aliphatic heterocycles. The molecular formula is C12H16O. The lowest BCUT2D eigenvalue weighted by Crippen LogP contribution is -2.07. The molecule has 13 heavy (non-hydrogen) atoms. The smallest absolute Gasteiger partial charge is 0.0580 e. The minimum atomic E-state index is -0.133. The monoisotopic (exact) mass is 176 g/mol. The van der Waals surface area contributed by atoms with Gasteiger partial charge in [-0.05, 0) is 36.3 Å². The van der Waals surface area contributed by atoms with Crippen molar-refractivity contribution in [2.45, 2.75) is 38.2 Å². The summed E-state index contributed by atoms with van der Waals surface area (Å²) in [7, 11) is 0. The fourth-order valence-corrected chi connectivity index (χ4v) is 2.15. The summed E-state index contributed by atoms with van der Waals surface area (Å²) in [6, 6.07) is 8.48. The van der Waals surface area contributed by atoms with Gasteiger partial charge in [-0.15, -0.1) is 0 Å². The molecule has 1 aromatic carbocycles. The zero-order chi connectivity index (χ0) is 9.26. The highest BCUT2D eigenvalue weighted by atomic mass is 16.3. The van der Waals surface area contributed by atoms with Crippen LogP contribution in [-0.4, -0.2) is 11.2 Å². The van der Waals surface area contributed by atoms with Gasteiger partial charge in [0, 0.05) is 0 Å². The van der Waals surface area contributed by atoms with Gasteiger partial charge in [-0.1, -0.05) is 31.2 Å². The Hall–Kier alpha value is -0.820. The highest BCUT2D eigenvalue weighted by molar-refractivity contribution is 5.31. The minimum Gasteiger partial charge on any atom is -0.393 e. The topological polar surface area (TPSA) is 20.2 Å². The van der Waals surface area contributed by atoms with Gasteiger partial charge in [0.25, 0.3) is 0 Å². The molecule has 1 aliphatic rings. The van der Waals surface area contributed by atoms with Crippen LogP contribution in [0.3, 0.4) is 0 Å². The summed E-state index contributed by atoms with van der Waals surface area (Å²) in [6.07, 6.45) is 2.75. The van der Waals surface area contributed by atoms with E-state index in [1.54, 1.807) is 0 Å². The van der Waals surface area contributed by atoms with Crippen LogP contribution in [0, 0.1) is 0 Å². The average Bonchev–Trinajstić information content (AvgIpc) is 2.27. The van der Waals surface area contributed by atoms with Crippen LogP contribution in [0.15, 0.2) is 24.3 Å². The third kappa shape index (κ3) is 1.75. The van der Waals surface area contributed by atoms with Crippen LogP contribution in [0.4, 0.5) is 0 Å². The van der Waals surface area contributed by atoms with Crippen LogP contribution >= 0.6 is 0 Å². The zero-order valence-electron chi connectivity index (χ0n) is 8.03. The molecule has 70 valence electrons. The molecule has 0 heterocycles. The molecular weight excluding hydrogens is 160 g/mol. The van der Waals surface area contributed by atoms with E-state index < -0.39 is 0 Å². The van der Waals surface area contributed by atoms with E-state index in [2.05, 4.69) is 31.2 Å². The van der Waals surface area contributed by atoms with Crippen molar-refractivity contribution >= 4 is 0 Å². The van der Waals surface area contributed by atoms with Gasteiger partial charge >= 0.3 is 0 Å². The Kier molecular flexibility index (Phi) is 2.36. The van der Waals surface area contributed by atoms with Crippen molar-refractivity contribution in [3.8, 4) is 0 Å². The number of aliphatic hydroxyl groups is 1. The van der Waals surface area contributed by atoms with Crippen LogP contribution in [0.1, 0.15) is 36.8 Å². The van der Waals surface area contributed by atoms with Gasteiger partial charge in [-0.25, -0.2) is 0 Å². The lowest BCUT2D eigenvalue weighted by Gasteiger charge is -2.10. The van der Waals surface area contributed by atoms with Gasteiger partial charge in [-0.2, -0.15) is 0 Å². The first-order valence-corrected chi connectivity index (χ1v) is 5.03. The molecule has 0 fully saturated rings. The molecule has 1 nitrogen and oxygen atoms in total. The Labute approximate surface area is 79.4 Å². The summed E-state index contributed by atoms with van der Waals surface area (Å²) in [5.41, 5.74) is 2.76. The van der Waals surface area contributed by atoms with Crippen LogP contribution in [0.2, 0.25) is 0 Å². The molecule has 0 bridgehead atoms. The summed E-state index contributed by atoms with van der Waals surface area (Å²) in [5, 5.41) is 9.65. The van der Waals surface area contributed by atoms with Crippen molar-refractivity contribution in [2.24, 2.45) is 0 Å². The third-order valence-corrected chi connectivity index (χ3v) is 2.97. The number of benzene rings is 1. The molecule has 0 radical (unpaired) electrons. The average molecular weight is 176 g/mol. The van der Waals surface area contributed by atoms with Gasteiger partial charge in [0.05, 0.1) is 6.10 Å². The summed E-state index contributed by atoms with van der Waals surface area (Å²) in [4.78, 5) is 0. The van der Waals surface area contributed by atoms with Gasteiger partial charge in [0.15, 0.2) is 0 Å². The fraction of sp³-hybridized carbons (Fsp3) is 0.500. The predicted octanol–water partition coefficient (Wildman–Crippen LogP) is 2.49. The van der Waals surface area contributed by atoms with E-state index >= 15 is 0 Å². The van der Waals surface area contributed by atoms with Crippen molar-refractivity contribution in [3.05, 3.63) is 35.4 Å². The molecule has 2 rings (SSSR count). The molecule has 0 saturated heterocycles. The first-order valence-electron chi connectivity index (χ1n) is 5.03. The Morgan fingerprint density at radius 3 is 2.85 bits per heavy atom. The van der Waals surface area contributed by atoms with E-state index in [1.165, 1.54) is 11.1 Å². The minimum absolute atomic E-state index is 0.133. The zero-order valence-corrected chi connectivity index (χ0v) is 8.03. The fourth-order valence-electron chi connectivity index (χ4n) is 2.15. The third-order valence-electron chi connectivity index (χ3n) is 2.97. The van der Waals surface area contributed by atoms with E-state index in [-0.39, 0.29) is 6.10 Å². The maximum absolute atomic E-state index is 9.65. The molecule has 1 N–H and O–H groups in total. The van der Waals surface area contributed by atoms with Crippen LogP contribution in [0.5, 0.6) is 0 Å². The maximum Gasteiger partial charge on any atom is 0.0580 e. The highest BCUT2D eigenvalue weighted by Crippen LogP contribution is 2.29. The van der Waals surface area contributed by atoms with Crippen LogP contribution in [0.25, 0.3) is 0 Å². The SMILES string of the molecule is CC1CCC(O)Cc2ccccc21. The first kappa shape index (κ1) is 8.76. The number of hydrogen-bond acceptors (Lipinski definition) is 1. The van der Waals surface area contributed by atoms with Crippen LogP contribution < -0.4 is 0 Å². The quantitative estimate of drug-likeness (QED) is 0.602. The van der Waals surface area contributed by atoms with Gasteiger partial charge in [-0.3, -0.25) is 0 Å². The Morgan fingerprint density at radius 2 is 2.00 bits per heavy atom. The summed E-state index contributed by atoms with van der Waals surface area (Å²) < 4.78 is 0. The van der Waals surface area contributed by atoms with E-state index in [1.807, 2.05) is 0 Å². The molecule has 2 atom stereocenters. The molecule has 2 unspecified atom stereocenters. The molecule has 0 amide bonds. The number of rotatable bonds is 0. The second-order valence-corrected chi connectivity index (χ2v) is 4.04. The number of fused-ring (bicyclic) bond motifs is 1. The van der Waals surface area contributed by atoms with Gasteiger partial charge in [0.1, 0.15) is 0 Å². The maximum atomic E-state index is 9.65. The van der Waals surface area contributed by atoms with Gasteiger partial charge < -0.3 is 5.11 Å². The van der Waals surface area contributed by atoms with Crippen molar-refractivity contribution in [2.75, 3.05) is 0 Å². The van der Waals surface area contributed by atoms with E-state index in [0.29, 0.717) is 5.92 Å². The first-order chi connectivity index (χ1) is 6.27. The van der Waals surface area contributed by atoms with E-state index in [9.17, 15) is 5.11 Å². The normalized spacial score (nSPS) is 27.8. The van der Waals surface area contributed by atoms with Crippen molar-refractivity contribution in [1.29, 1.82) is 0 Å². The Balaban J connectivity index is 2.38. The largest absolute Gasteiger partial charge is 0.393 e. The second kappa shape index (κ2) is 3.51. The lowest BCUT2D eigenvalue weighted by atomic mass is 9.95. The number of hydrogen-bond donors (Lipinski definition) is 1. The Morgan fingerprint density at radius 1 is 1.23 bits per heavy atom. The Bertz CT molecular complexity index is 293. The predicted molar refractivity (Wildman–Crippen MR) is 53.8 cm³/mol. The molecule has 0 aromatic heterocycles. The lowest BCUT2D eigenvalue weighted by molar-refractivity contribution is 0.164. The van der Waals surface area contributed by atoms with Crippen molar-refractivity contribution in [3.63, 3.8) is 0 Å². The summed E-state index contributed by atoms with van der Waals surface area (Å²) in [6.45, 7) is 2.25. The van der Waals surface area contributed by atoms with E-state index in [0.717, 1.165) is 19.3 Å². The van der Waals surface area contributed by atoms with E-state index in [4.69, 9.17) is 0 Å². The molecule has 0 saturated carbocycles. The molecule has 1 aliphatic carbocycles. The van der Waals surface area contributed by atoms with Crippen molar-refractivity contribution < 1.29 is 5.11 Å². The highest BCUT2D eigenvalue weighted by Gasteiger charge is 2.18. The molecule has 1 heteroatoms. The van der Waals surface area contributed by atoms with Crippen molar-refractivity contribution in [1.82, 2.24) is 0 Å². The summed E-state index contributed by atoms with van der Waals surface area (Å²) >= 11 is 0. The molecule has 0 spiro atoms. The summed E-state index contributed by atoms with van der Waals surface area (Å²) in [5.74, 6) is 0.605. The molecule has 1 aromatic rings. The van der Waals surface area contributed by atoms with Gasteiger partial charge in [0.2, 0.25) is 0 Å². The van der Waals surface area contributed by atoms with Crippen LogP contribution in [-0.2, 0) is 6.42 Å². The standard InChI is InChI=1S/C12H16O/c1-9-6-7-11(13)8-10-4-2-3-5-12(9)10/h2-5,9,11,13H,6-8H2,1H3. The number of aliphatic hydroxyl groups excluding tert-OH is 1.